The van der Waals surface area contributed by atoms with Crippen LogP contribution in [0.25, 0.3) is 0 Å². The van der Waals surface area contributed by atoms with Gasteiger partial charge in [0, 0.05) is 5.56 Å². The monoisotopic (exact) mass is 298 g/mol. The first-order chi connectivity index (χ1) is 9.63. The summed E-state index contributed by atoms with van der Waals surface area (Å²) in [5.74, 6) is -0.745. The van der Waals surface area contributed by atoms with Gasteiger partial charge >= 0.3 is 6.09 Å². The van der Waals surface area contributed by atoms with Crippen LogP contribution in [-0.2, 0) is 25.2 Å². The summed E-state index contributed by atoms with van der Waals surface area (Å²) in [5.41, 5.74) is 1.06. The van der Waals surface area contributed by atoms with Gasteiger partial charge < -0.3 is 13.8 Å². The van der Waals surface area contributed by atoms with Gasteiger partial charge in [0.15, 0.2) is 5.71 Å². The van der Waals surface area contributed by atoms with Crippen LogP contribution < -0.4 is 5.32 Å². The number of alkyl carbamates (subject to hydrolysis) is 1. The van der Waals surface area contributed by atoms with Crippen LogP contribution in [0.4, 0.5) is 4.79 Å². The smallest absolute Gasteiger partial charge is 0.413 e. The molecule has 0 heterocycles. The van der Waals surface area contributed by atoms with Crippen LogP contribution in [0.15, 0.2) is 29.4 Å². The fourth-order valence-electron chi connectivity index (χ4n) is 1.45. The Morgan fingerprint density at radius 2 is 2.00 bits per heavy atom. The van der Waals surface area contributed by atoms with Crippen molar-refractivity contribution in [3.63, 3.8) is 0 Å². The lowest BCUT2D eigenvalue weighted by Gasteiger charge is -2.10. The molecule has 0 saturated heterocycles. The number of methoxy groups -OCH3 is 1. The van der Waals surface area contributed by atoms with Gasteiger partial charge in [0.2, 0.25) is 0 Å². The third-order valence-corrected chi connectivity index (χ3v) is 2.42. The van der Waals surface area contributed by atoms with Crippen LogP contribution in [-0.4, -0.2) is 31.9 Å². The van der Waals surface area contributed by atoms with Gasteiger partial charge in [0.1, 0.15) is 7.11 Å². The molecule has 8 heteroatoms. The van der Waals surface area contributed by atoms with E-state index in [4.69, 9.17) is 4.18 Å². The molecule has 0 radical (unpaired) electrons. The molecule has 1 rings (SSSR count). The molecule has 0 aliphatic carbocycles. The average molecular weight is 298 g/mol. The summed E-state index contributed by atoms with van der Waals surface area (Å²) in [6.07, 6.45) is -0.887. The summed E-state index contributed by atoms with van der Waals surface area (Å²) in [4.78, 5) is 27.7. The maximum atomic E-state index is 12.0. The number of imide groups is 1. The van der Waals surface area contributed by atoms with E-state index < -0.39 is 12.0 Å². The van der Waals surface area contributed by atoms with Crippen LogP contribution in [0.5, 0.6) is 0 Å². The molecular weight excluding hydrogens is 284 g/mol. The van der Waals surface area contributed by atoms with E-state index in [-0.39, 0.29) is 12.3 Å². The average Bonchev–Trinajstić information content (AvgIpc) is 2.45. The molecule has 0 bridgehead atoms. The molecule has 108 valence electrons. The third kappa shape index (κ3) is 4.25. The van der Waals surface area contributed by atoms with E-state index in [1.165, 1.54) is 7.11 Å². The number of nitrogens with zero attached hydrogens (tertiary/aromatic N) is 1. The van der Waals surface area contributed by atoms with Crippen molar-refractivity contribution >= 4 is 30.6 Å². The molecule has 0 aliphatic heterocycles. The van der Waals surface area contributed by atoms with E-state index in [2.05, 4.69) is 27.6 Å². The zero-order valence-electron chi connectivity index (χ0n) is 11.0. The van der Waals surface area contributed by atoms with Gasteiger partial charge in [-0.2, -0.15) is 0 Å². The number of thiol groups is 1. The van der Waals surface area contributed by atoms with Gasteiger partial charge in [-0.3, -0.25) is 10.1 Å². The van der Waals surface area contributed by atoms with E-state index in [1.807, 2.05) is 5.32 Å². The van der Waals surface area contributed by atoms with Gasteiger partial charge in [0.25, 0.3) is 5.91 Å². The van der Waals surface area contributed by atoms with Crippen molar-refractivity contribution in [1.82, 2.24) is 5.32 Å². The van der Waals surface area contributed by atoms with Gasteiger partial charge in [-0.05, 0) is 18.5 Å². The highest BCUT2D eigenvalue weighted by Crippen LogP contribution is 2.13. The highest BCUT2D eigenvalue weighted by molar-refractivity contribution is 7.75. The van der Waals surface area contributed by atoms with Gasteiger partial charge in [-0.1, -0.05) is 29.4 Å². The van der Waals surface area contributed by atoms with E-state index in [1.54, 1.807) is 24.3 Å². The Morgan fingerprint density at radius 1 is 1.30 bits per heavy atom. The first-order valence-corrected chi connectivity index (χ1v) is 5.85. The zero-order chi connectivity index (χ0) is 15.0. The minimum atomic E-state index is -0.887. The summed E-state index contributed by atoms with van der Waals surface area (Å²) in [6.45, 7) is 0.160. The Labute approximate surface area is 121 Å². The molecule has 1 aromatic carbocycles. The number of rotatable bonds is 5. The Morgan fingerprint density at radius 3 is 2.60 bits per heavy atom. The van der Waals surface area contributed by atoms with Crippen molar-refractivity contribution in [2.75, 3.05) is 14.2 Å². The number of nitrogens with one attached hydrogen (secondary N) is 1. The van der Waals surface area contributed by atoms with E-state index >= 15 is 0 Å². The first kappa shape index (κ1) is 16.0. The van der Waals surface area contributed by atoms with E-state index in [0.717, 1.165) is 7.11 Å². The zero-order valence-corrected chi connectivity index (χ0v) is 11.8. The van der Waals surface area contributed by atoms with Crippen LogP contribution >= 0.6 is 12.9 Å². The second-order valence-electron chi connectivity index (χ2n) is 3.50. The number of amides is 2. The predicted molar refractivity (Wildman–Crippen MR) is 74.3 cm³/mol. The summed E-state index contributed by atoms with van der Waals surface area (Å²) in [7, 11) is 2.45. The van der Waals surface area contributed by atoms with Crippen molar-refractivity contribution in [3.8, 4) is 0 Å². The molecule has 0 saturated carbocycles. The maximum absolute atomic E-state index is 12.0. The molecule has 2 amide bonds. The third-order valence-electron chi connectivity index (χ3n) is 2.29. The lowest BCUT2D eigenvalue weighted by Crippen LogP contribution is -2.37. The van der Waals surface area contributed by atoms with Gasteiger partial charge in [-0.15, -0.1) is 0 Å². The number of hydrogen-bond acceptors (Lipinski definition) is 7. The van der Waals surface area contributed by atoms with Gasteiger partial charge in [-0.25, -0.2) is 4.79 Å². The fraction of sp³-hybridized carbons (Fsp3) is 0.250. The largest absolute Gasteiger partial charge is 0.453 e. The standard InChI is InChI=1S/C12H14N2O5S/c1-17-12(16)13-11(15)10(14-18-2)9-6-4-3-5-8(9)7-19-20/h3-6,20H,7H2,1-2H3,(H,13,15,16)/b14-10+. The molecule has 0 fully saturated rings. The van der Waals surface area contributed by atoms with Crippen molar-refractivity contribution in [2.24, 2.45) is 5.16 Å². The number of carbonyl (C=O) groups excluding carboxylic acids is 2. The normalized spacial score (nSPS) is 10.8. The van der Waals surface area contributed by atoms with Crippen LogP contribution in [0.2, 0.25) is 0 Å². The maximum Gasteiger partial charge on any atom is 0.413 e. The summed E-state index contributed by atoms with van der Waals surface area (Å²) in [5, 5.41) is 5.65. The van der Waals surface area contributed by atoms with Crippen LogP contribution in [0.3, 0.4) is 0 Å². The fourth-order valence-corrected chi connectivity index (χ4v) is 1.59. The van der Waals surface area contributed by atoms with Crippen molar-refractivity contribution in [2.45, 2.75) is 6.61 Å². The van der Waals surface area contributed by atoms with E-state index in [0.29, 0.717) is 11.1 Å². The van der Waals surface area contributed by atoms with Crippen molar-refractivity contribution < 1.29 is 23.3 Å². The molecule has 0 unspecified atom stereocenters. The van der Waals surface area contributed by atoms with Crippen molar-refractivity contribution in [1.29, 1.82) is 0 Å². The SMILES string of the molecule is CO/N=C(/C(=O)NC(=O)OC)c1ccccc1COS. The molecule has 0 spiro atoms. The minimum absolute atomic E-state index is 0.0705. The number of carbonyl (C=O) groups is 2. The minimum Gasteiger partial charge on any atom is -0.453 e. The molecule has 20 heavy (non-hydrogen) atoms. The number of oxime groups is 1. The number of hydrogen-bond donors (Lipinski definition) is 2. The Kier molecular flexibility index (Phi) is 6.54. The number of ether oxygens (including phenoxy) is 1. The molecule has 0 aliphatic rings. The second kappa shape index (κ2) is 8.18. The highest BCUT2D eigenvalue weighted by Gasteiger charge is 2.20. The molecule has 1 aromatic rings. The molecule has 0 aromatic heterocycles. The lowest BCUT2D eigenvalue weighted by molar-refractivity contribution is -0.114. The topological polar surface area (TPSA) is 86.2 Å². The summed E-state index contributed by atoms with van der Waals surface area (Å²) < 4.78 is 9.11. The molecule has 0 atom stereocenters. The molecule has 1 N–H and O–H groups in total. The lowest BCUT2D eigenvalue weighted by atomic mass is 10.0. The second-order valence-corrected chi connectivity index (χ2v) is 3.76. The van der Waals surface area contributed by atoms with Crippen LogP contribution in [0, 0.1) is 0 Å². The first-order valence-electron chi connectivity index (χ1n) is 5.49. The molecule has 7 nitrogen and oxygen atoms in total. The summed E-state index contributed by atoms with van der Waals surface area (Å²) >= 11 is 3.68. The van der Waals surface area contributed by atoms with Crippen LogP contribution in [0.1, 0.15) is 11.1 Å². The van der Waals surface area contributed by atoms with Gasteiger partial charge in [0.05, 0.1) is 13.7 Å². The van der Waals surface area contributed by atoms with Crippen molar-refractivity contribution in [3.05, 3.63) is 35.4 Å². The number of benzene rings is 1. The predicted octanol–water partition coefficient (Wildman–Crippen LogP) is 1.28. The molecular formula is C12H14N2O5S. The van der Waals surface area contributed by atoms with E-state index in [9.17, 15) is 9.59 Å². The Hall–Kier alpha value is -2.06. The quantitative estimate of drug-likeness (QED) is 0.370. The Balaban J connectivity index is 3.11. The Bertz CT molecular complexity index is 518. The highest BCUT2D eigenvalue weighted by atomic mass is 32.1. The summed E-state index contributed by atoms with van der Waals surface area (Å²) in [6, 6.07) is 6.88.